The van der Waals surface area contributed by atoms with Crippen LogP contribution >= 0.6 is 0 Å². The van der Waals surface area contributed by atoms with E-state index in [2.05, 4.69) is 20.6 Å². The summed E-state index contributed by atoms with van der Waals surface area (Å²) in [4.78, 5) is 19.4. The Hall–Kier alpha value is -3.88. The number of benzene rings is 2. The summed E-state index contributed by atoms with van der Waals surface area (Å²) in [5.74, 6) is 1.57. The molecule has 31 heavy (non-hydrogen) atoms. The van der Waals surface area contributed by atoms with Crippen LogP contribution in [0.3, 0.4) is 0 Å². The number of anilines is 3. The van der Waals surface area contributed by atoms with E-state index in [1.54, 1.807) is 14.2 Å². The van der Waals surface area contributed by atoms with E-state index in [1.807, 2.05) is 50.2 Å². The van der Waals surface area contributed by atoms with Crippen molar-refractivity contribution < 1.29 is 14.4 Å². The molecule has 9 nitrogen and oxygen atoms in total. The second-order valence-corrected chi connectivity index (χ2v) is 6.97. The van der Waals surface area contributed by atoms with Crippen LogP contribution in [-0.2, 0) is 6.42 Å². The molecule has 0 saturated heterocycles. The number of nitrogens with one attached hydrogen (secondary N) is 2. The molecule has 2 N–H and O–H groups in total. The molecule has 0 atom stereocenters. The van der Waals surface area contributed by atoms with Gasteiger partial charge in [-0.05, 0) is 61.2 Å². The van der Waals surface area contributed by atoms with Crippen molar-refractivity contribution in [1.29, 1.82) is 0 Å². The van der Waals surface area contributed by atoms with Crippen molar-refractivity contribution in [2.24, 2.45) is 0 Å². The van der Waals surface area contributed by atoms with Gasteiger partial charge in [0.1, 0.15) is 6.33 Å². The number of hydrogen-bond acceptors (Lipinski definition) is 8. The summed E-state index contributed by atoms with van der Waals surface area (Å²) in [5.41, 5.74) is 3.74. The minimum atomic E-state index is -0.484. The van der Waals surface area contributed by atoms with E-state index in [9.17, 15) is 10.1 Å². The molecular formula is C22H25N5O4. The average molecular weight is 423 g/mol. The molecule has 0 unspecified atom stereocenters. The number of methoxy groups -OCH3 is 2. The molecule has 0 fully saturated rings. The number of hydrogen-bond donors (Lipinski definition) is 2. The van der Waals surface area contributed by atoms with Gasteiger partial charge in [0.15, 0.2) is 11.5 Å². The Labute approximate surface area is 180 Å². The predicted octanol–water partition coefficient (Wildman–Crippen LogP) is 4.42. The molecule has 0 aliphatic carbocycles. The fourth-order valence-electron chi connectivity index (χ4n) is 3.09. The first-order chi connectivity index (χ1) is 14.9. The van der Waals surface area contributed by atoms with Gasteiger partial charge in [-0.2, -0.15) is 0 Å². The SMILES string of the molecule is COc1ccc(CCNc2ncnc(Nc3ccc(C)c(C)c3)c2[N+](=O)[O-])cc1OC. The Morgan fingerprint density at radius 3 is 2.39 bits per heavy atom. The molecule has 0 amide bonds. The highest BCUT2D eigenvalue weighted by atomic mass is 16.6. The molecule has 2 aromatic carbocycles. The second kappa shape index (κ2) is 9.75. The van der Waals surface area contributed by atoms with Gasteiger partial charge in [-0.3, -0.25) is 10.1 Å². The molecule has 162 valence electrons. The fraction of sp³-hybridized carbons (Fsp3) is 0.273. The van der Waals surface area contributed by atoms with E-state index in [1.165, 1.54) is 6.33 Å². The van der Waals surface area contributed by atoms with Gasteiger partial charge in [0, 0.05) is 12.2 Å². The van der Waals surface area contributed by atoms with Crippen LogP contribution in [0.25, 0.3) is 0 Å². The molecule has 9 heteroatoms. The molecule has 0 bridgehead atoms. The van der Waals surface area contributed by atoms with E-state index in [0.29, 0.717) is 24.5 Å². The van der Waals surface area contributed by atoms with Gasteiger partial charge in [0.05, 0.1) is 19.1 Å². The first-order valence-corrected chi connectivity index (χ1v) is 9.71. The Morgan fingerprint density at radius 1 is 0.968 bits per heavy atom. The minimum Gasteiger partial charge on any atom is -0.493 e. The molecule has 3 rings (SSSR count). The number of nitrogens with zero attached hydrogens (tertiary/aromatic N) is 3. The van der Waals surface area contributed by atoms with Crippen LogP contribution in [0.2, 0.25) is 0 Å². The third-order valence-electron chi connectivity index (χ3n) is 4.93. The molecule has 0 aliphatic heterocycles. The maximum absolute atomic E-state index is 11.8. The molecule has 0 spiro atoms. The summed E-state index contributed by atoms with van der Waals surface area (Å²) in [6.45, 7) is 4.43. The smallest absolute Gasteiger partial charge is 0.353 e. The van der Waals surface area contributed by atoms with Gasteiger partial charge in [-0.15, -0.1) is 0 Å². The quantitative estimate of drug-likeness (QED) is 0.384. The van der Waals surface area contributed by atoms with E-state index in [-0.39, 0.29) is 17.3 Å². The van der Waals surface area contributed by atoms with Crippen LogP contribution in [0.4, 0.5) is 23.0 Å². The molecule has 1 aromatic heterocycles. The lowest BCUT2D eigenvalue weighted by atomic mass is 10.1. The zero-order chi connectivity index (χ0) is 22.4. The fourth-order valence-corrected chi connectivity index (χ4v) is 3.09. The van der Waals surface area contributed by atoms with Crippen LogP contribution in [-0.4, -0.2) is 35.7 Å². The summed E-state index contributed by atoms with van der Waals surface area (Å²) in [7, 11) is 3.16. The molecule has 3 aromatic rings. The van der Waals surface area contributed by atoms with Crippen molar-refractivity contribution >= 4 is 23.0 Å². The van der Waals surface area contributed by atoms with Crippen LogP contribution < -0.4 is 20.1 Å². The Kier molecular flexibility index (Phi) is 6.86. The van der Waals surface area contributed by atoms with Crippen LogP contribution in [0.5, 0.6) is 11.5 Å². The third kappa shape index (κ3) is 5.19. The summed E-state index contributed by atoms with van der Waals surface area (Å²) in [5, 5.41) is 17.8. The van der Waals surface area contributed by atoms with Gasteiger partial charge in [-0.25, -0.2) is 9.97 Å². The van der Waals surface area contributed by atoms with Gasteiger partial charge in [-0.1, -0.05) is 12.1 Å². The molecule has 0 aliphatic rings. The first kappa shape index (κ1) is 21.8. The second-order valence-electron chi connectivity index (χ2n) is 6.97. The van der Waals surface area contributed by atoms with E-state index < -0.39 is 4.92 Å². The number of aromatic nitrogens is 2. The monoisotopic (exact) mass is 423 g/mol. The summed E-state index contributed by atoms with van der Waals surface area (Å²) in [6, 6.07) is 11.4. The van der Waals surface area contributed by atoms with Gasteiger partial charge in [0.25, 0.3) is 0 Å². The zero-order valence-corrected chi connectivity index (χ0v) is 17.9. The lowest BCUT2D eigenvalue weighted by molar-refractivity contribution is -0.383. The molecule has 1 heterocycles. The van der Waals surface area contributed by atoms with E-state index in [4.69, 9.17) is 9.47 Å². The molecule has 0 radical (unpaired) electrons. The van der Waals surface area contributed by atoms with Crippen LogP contribution in [0.15, 0.2) is 42.7 Å². The van der Waals surface area contributed by atoms with Crippen molar-refractivity contribution in [2.45, 2.75) is 20.3 Å². The number of ether oxygens (including phenoxy) is 2. The first-order valence-electron chi connectivity index (χ1n) is 9.71. The highest BCUT2D eigenvalue weighted by molar-refractivity contribution is 5.74. The van der Waals surface area contributed by atoms with Gasteiger partial charge >= 0.3 is 5.69 Å². The molecular weight excluding hydrogens is 398 g/mol. The van der Waals surface area contributed by atoms with Crippen molar-refractivity contribution in [3.05, 3.63) is 69.5 Å². The standard InChI is InChI=1S/C22H25N5O4/c1-14-5-7-17(11-15(14)2)26-22-20(27(28)29)21(24-13-25-22)23-10-9-16-6-8-18(30-3)19(12-16)31-4/h5-8,11-13H,9-10H2,1-4H3,(H2,23,24,25,26). The highest BCUT2D eigenvalue weighted by Crippen LogP contribution is 2.32. The maximum Gasteiger partial charge on any atom is 0.353 e. The number of nitro groups is 1. The summed E-state index contributed by atoms with van der Waals surface area (Å²) >= 11 is 0. The zero-order valence-electron chi connectivity index (χ0n) is 17.9. The highest BCUT2D eigenvalue weighted by Gasteiger charge is 2.23. The Bertz CT molecular complexity index is 1090. The number of rotatable bonds is 9. The summed E-state index contributed by atoms with van der Waals surface area (Å²) in [6.07, 6.45) is 1.91. The topological polar surface area (TPSA) is 111 Å². The van der Waals surface area contributed by atoms with Gasteiger partial charge < -0.3 is 20.1 Å². The largest absolute Gasteiger partial charge is 0.493 e. The van der Waals surface area contributed by atoms with Crippen molar-refractivity contribution in [3.63, 3.8) is 0 Å². The van der Waals surface area contributed by atoms with Crippen molar-refractivity contribution in [2.75, 3.05) is 31.4 Å². The maximum atomic E-state index is 11.8. The Balaban J connectivity index is 1.76. The van der Waals surface area contributed by atoms with Crippen molar-refractivity contribution in [3.8, 4) is 11.5 Å². The minimum absolute atomic E-state index is 0.136. The van der Waals surface area contributed by atoms with E-state index in [0.717, 1.165) is 22.4 Å². The summed E-state index contributed by atoms with van der Waals surface area (Å²) < 4.78 is 10.6. The third-order valence-corrected chi connectivity index (χ3v) is 4.93. The van der Waals surface area contributed by atoms with Crippen molar-refractivity contribution in [1.82, 2.24) is 9.97 Å². The lowest BCUT2D eigenvalue weighted by Gasteiger charge is -2.12. The number of aryl methyl sites for hydroxylation is 2. The van der Waals surface area contributed by atoms with Crippen LogP contribution in [0, 0.1) is 24.0 Å². The van der Waals surface area contributed by atoms with Gasteiger partial charge in [0.2, 0.25) is 11.6 Å². The van der Waals surface area contributed by atoms with E-state index >= 15 is 0 Å². The average Bonchev–Trinajstić information content (AvgIpc) is 2.76. The molecule has 0 saturated carbocycles. The lowest BCUT2D eigenvalue weighted by Crippen LogP contribution is -2.11. The Morgan fingerprint density at radius 2 is 1.71 bits per heavy atom. The predicted molar refractivity (Wildman–Crippen MR) is 120 cm³/mol. The normalized spacial score (nSPS) is 10.5. The van der Waals surface area contributed by atoms with Crippen LogP contribution in [0.1, 0.15) is 16.7 Å².